The number of ether oxygens (including phenoxy) is 1. The minimum Gasteiger partial charge on any atom is -0.383 e. The Kier molecular flexibility index (Phi) is 12.6. The molecule has 26 heavy (non-hydrogen) atoms. The van der Waals surface area contributed by atoms with Gasteiger partial charge in [0.1, 0.15) is 6.54 Å². The summed E-state index contributed by atoms with van der Waals surface area (Å²) in [5.74, 6) is 0.557. The van der Waals surface area contributed by atoms with Crippen molar-refractivity contribution >= 4 is 41.8 Å². The molecule has 9 heteroatoms. The van der Waals surface area contributed by atoms with Gasteiger partial charge < -0.3 is 25.6 Å². The number of rotatable bonds is 9. The third kappa shape index (κ3) is 8.07. The Hall–Kier alpha value is -1.10. The van der Waals surface area contributed by atoms with E-state index in [2.05, 4.69) is 20.9 Å². The number of aliphatic imine (C=N–C) groups is 1. The Morgan fingerprint density at radius 3 is 2.35 bits per heavy atom. The summed E-state index contributed by atoms with van der Waals surface area (Å²) < 4.78 is 4.89. The van der Waals surface area contributed by atoms with E-state index in [9.17, 15) is 9.59 Å². The fraction of sp³-hybridized carbons (Fsp3) is 0.824. The number of hydrogen-bond donors (Lipinski definition) is 3. The SMILES string of the molecule is CCNC(=NCC(=O)NCCOC)NCC1(C(=O)N(C)C)CCCC1.I. The van der Waals surface area contributed by atoms with Crippen LogP contribution in [0.5, 0.6) is 0 Å². The summed E-state index contributed by atoms with van der Waals surface area (Å²) in [5, 5.41) is 9.10. The Labute approximate surface area is 173 Å². The number of guanidine groups is 1. The standard InChI is InChI=1S/C17H33N5O3.HI/c1-5-18-16(20-12-14(23)19-10-11-25-4)21-13-17(8-6-7-9-17)15(24)22(2)3;/h5-13H2,1-4H3,(H,19,23)(H2,18,20,21);1H. The quantitative estimate of drug-likeness (QED) is 0.193. The van der Waals surface area contributed by atoms with Gasteiger partial charge in [-0.25, -0.2) is 4.99 Å². The molecule has 1 fully saturated rings. The van der Waals surface area contributed by atoms with Crippen molar-refractivity contribution < 1.29 is 14.3 Å². The largest absolute Gasteiger partial charge is 0.383 e. The maximum Gasteiger partial charge on any atom is 0.241 e. The van der Waals surface area contributed by atoms with E-state index < -0.39 is 0 Å². The van der Waals surface area contributed by atoms with Crippen LogP contribution >= 0.6 is 24.0 Å². The lowest BCUT2D eigenvalue weighted by atomic mass is 9.84. The van der Waals surface area contributed by atoms with Crippen LogP contribution in [-0.2, 0) is 14.3 Å². The van der Waals surface area contributed by atoms with Gasteiger partial charge >= 0.3 is 0 Å². The number of methoxy groups -OCH3 is 1. The molecule has 0 heterocycles. The molecule has 0 aromatic heterocycles. The van der Waals surface area contributed by atoms with Crippen molar-refractivity contribution in [1.29, 1.82) is 0 Å². The van der Waals surface area contributed by atoms with E-state index in [0.29, 0.717) is 32.2 Å². The summed E-state index contributed by atoms with van der Waals surface area (Å²) in [7, 11) is 5.18. The predicted octanol–water partition coefficient (Wildman–Crippen LogP) is 0.571. The van der Waals surface area contributed by atoms with E-state index in [1.54, 1.807) is 26.1 Å². The number of halogens is 1. The zero-order valence-electron chi connectivity index (χ0n) is 16.4. The van der Waals surface area contributed by atoms with Gasteiger partial charge in [0.25, 0.3) is 0 Å². The molecule has 0 aliphatic heterocycles. The molecule has 8 nitrogen and oxygen atoms in total. The van der Waals surface area contributed by atoms with Gasteiger partial charge in [0, 0.05) is 40.8 Å². The summed E-state index contributed by atoms with van der Waals surface area (Å²) in [4.78, 5) is 30.3. The number of carbonyl (C=O) groups excluding carboxylic acids is 2. The minimum atomic E-state index is -0.375. The first-order valence-electron chi connectivity index (χ1n) is 8.95. The molecule has 2 amide bonds. The van der Waals surface area contributed by atoms with E-state index >= 15 is 0 Å². The monoisotopic (exact) mass is 483 g/mol. The first-order chi connectivity index (χ1) is 11.9. The van der Waals surface area contributed by atoms with E-state index in [1.807, 2.05) is 6.92 Å². The highest BCUT2D eigenvalue weighted by atomic mass is 127. The van der Waals surface area contributed by atoms with Gasteiger partial charge in [-0.15, -0.1) is 24.0 Å². The molecule has 0 atom stereocenters. The molecule has 0 aromatic rings. The highest BCUT2D eigenvalue weighted by Crippen LogP contribution is 2.38. The van der Waals surface area contributed by atoms with Crippen LogP contribution in [0.1, 0.15) is 32.6 Å². The third-order valence-corrected chi connectivity index (χ3v) is 4.37. The van der Waals surface area contributed by atoms with Crippen LogP contribution in [0, 0.1) is 5.41 Å². The fourth-order valence-electron chi connectivity index (χ4n) is 3.09. The molecule has 1 aliphatic rings. The zero-order chi connectivity index (χ0) is 18.7. The number of nitrogens with one attached hydrogen (secondary N) is 3. The summed E-state index contributed by atoms with van der Waals surface area (Å²) in [5.41, 5.74) is -0.375. The summed E-state index contributed by atoms with van der Waals surface area (Å²) in [6.07, 6.45) is 3.90. The topological polar surface area (TPSA) is 95.1 Å². The fourth-order valence-corrected chi connectivity index (χ4v) is 3.09. The number of amides is 2. The van der Waals surface area contributed by atoms with Crippen molar-refractivity contribution in [2.75, 3.05) is 54.0 Å². The second-order valence-electron chi connectivity index (χ2n) is 6.58. The molecule has 0 spiro atoms. The summed E-state index contributed by atoms with van der Waals surface area (Å²) >= 11 is 0. The molecular formula is C17H34IN5O3. The molecular weight excluding hydrogens is 449 g/mol. The second-order valence-corrected chi connectivity index (χ2v) is 6.58. The van der Waals surface area contributed by atoms with Crippen LogP contribution in [0.2, 0.25) is 0 Å². The molecule has 0 saturated heterocycles. The number of nitrogens with zero attached hydrogens (tertiary/aromatic N) is 2. The predicted molar refractivity (Wildman–Crippen MR) is 114 cm³/mol. The maximum atomic E-state index is 12.6. The van der Waals surface area contributed by atoms with Crippen LogP contribution in [0.3, 0.4) is 0 Å². The lowest BCUT2D eigenvalue weighted by Crippen LogP contribution is -2.49. The van der Waals surface area contributed by atoms with Crippen molar-refractivity contribution in [3.05, 3.63) is 0 Å². The highest BCUT2D eigenvalue weighted by Gasteiger charge is 2.42. The molecule has 1 rings (SSSR count). The van der Waals surface area contributed by atoms with Crippen molar-refractivity contribution in [2.45, 2.75) is 32.6 Å². The van der Waals surface area contributed by atoms with E-state index in [4.69, 9.17) is 4.74 Å². The highest BCUT2D eigenvalue weighted by molar-refractivity contribution is 14.0. The molecule has 1 aliphatic carbocycles. The summed E-state index contributed by atoms with van der Waals surface area (Å²) in [6, 6.07) is 0. The molecule has 0 radical (unpaired) electrons. The smallest absolute Gasteiger partial charge is 0.241 e. The van der Waals surface area contributed by atoms with Crippen LogP contribution in [0.15, 0.2) is 4.99 Å². The molecule has 152 valence electrons. The van der Waals surface area contributed by atoms with Crippen molar-refractivity contribution in [1.82, 2.24) is 20.9 Å². The van der Waals surface area contributed by atoms with Crippen LogP contribution in [0.4, 0.5) is 0 Å². The Balaban J connectivity index is 0.00000625. The third-order valence-electron chi connectivity index (χ3n) is 4.37. The average Bonchev–Trinajstić information content (AvgIpc) is 3.07. The van der Waals surface area contributed by atoms with Crippen molar-refractivity contribution in [2.24, 2.45) is 10.4 Å². The maximum absolute atomic E-state index is 12.6. The first-order valence-corrected chi connectivity index (χ1v) is 8.95. The Morgan fingerprint density at radius 1 is 1.15 bits per heavy atom. The van der Waals surface area contributed by atoms with E-state index in [0.717, 1.165) is 25.7 Å². The Bertz CT molecular complexity index is 465. The first kappa shape index (κ1) is 24.9. The van der Waals surface area contributed by atoms with E-state index in [-0.39, 0.29) is 47.8 Å². The number of hydrogen-bond acceptors (Lipinski definition) is 4. The van der Waals surface area contributed by atoms with Crippen LogP contribution in [0.25, 0.3) is 0 Å². The van der Waals surface area contributed by atoms with Gasteiger partial charge in [0.05, 0.1) is 12.0 Å². The van der Waals surface area contributed by atoms with Crippen LogP contribution in [-0.4, -0.2) is 76.7 Å². The van der Waals surface area contributed by atoms with Crippen molar-refractivity contribution in [3.8, 4) is 0 Å². The second kappa shape index (κ2) is 13.1. The molecule has 3 N–H and O–H groups in total. The van der Waals surface area contributed by atoms with Gasteiger partial charge in [-0.3, -0.25) is 9.59 Å². The lowest BCUT2D eigenvalue weighted by molar-refractivity contribution is -0.138. The minimum absolute atomic E-state index is 0. The van der Waals surface area contributed by atoms with E-state index in [1.165, 1.54) is 0 Å². The van der Waals surface area contributed by atoms with Crippen LogP contribution < -0.4 is 16.0 Å². The van der Waals surface area contributed by atoms with Gasteiger partial charge in [0.2, 0.25) is 11.8 Å². The van der Waals surface area contributed by atoms with Gasteiger partial charge in [-0.2, -0.15) is 0 Å². The summed E-state index contributed by atoms with van der Waals surface area (Å²) in [6.45, 7) is 4.16. The average molecular weight is 483 g/mol. The van der Waals surface area contributed by atoms with Gasteiger partial charge in [-0.05, 0) is 19.8 Å². The van der Waals surface area contributed by atoms with Crippen molar-refractivity contribution in [3.63, 3.8) is 0 Å². The van der Waals surface area contributed by atoms with Gasteiger partial charge in [0.15, 0.2) is 5.96 Å². The molecule has 0 bridgehead atoms. The molecule has 0 unspecified atom stereocenters. The normalized spacial score (nSPS) is 15.8. The molecule has 0 aromatic carbocycles. The lowest BCUT2D eigenvalue weighted by Gasteiger charge is -2.31. The van der Waals surface area contributed by atoms with Gasteiger partial charge in [-0.1, -0.05) is 12.8 Å². The zero-order valence-corrected chi connectivity index (χ0v) is 18.7. The number of carbonyl (C=O) groups is 2. The molecule has 1 saturated carbocycles. The Morgan fingerprint density at radius 2 is 1.81 bits per heavy atom.